The van der Waals surface area contributed by atoms with Gasteiger partial charge in [0.15, 0.2) is 5.58 Å². The van der Waals surface area contributed by atoms with E-state index in [4.69, 9.17) is 13.8 Å². The average molecular weight is 713 g/mol. The van der Waals surface area contributed by atoms with Crippen molar-refractivity contribution in [3.8, 4) is 22.6 Å². The number of allylic oxidation sites excluding steroid dienone is 4. The van der Waals surface area contributed by atoms with Crippen LogP contribution in [0.5, 0.6) is 0 Å². The van der Waals surface area contributed by atoms with Crippen LogP contribution in [-0.2, 0) is 0 Å². The summed E-state index contributed by atoms with van der Waals surface area (Å²) >= 11 is 1.91. The second-order valence-electron chi connectivity index (χ2n) is 13.9. The van der Waals surface area contributed by atoms with Crippen LogP contribution in [0.1, 0.15) is 23.0 Å². The first kappa shape index (κ1) is 31.0. The molecule has 2 aromatic heterocycles. The van der Waals surface area contributed by atoms with E-state index in [1.807, 2.05) is 54.2 Å². The van der Waals surface area contributed by atoms with E-state index in [9.17, 15) is 0 Å². The molecule has 0 saturated carbocycles. The first-order chi connectivity index (χ1) is 26.7. The normalized spacial score (nSPS) is 16.1. The second-order valence-corrected chi connectivity index (χ2v) is 15.0. The van der Waals surface area contributed by atoms with E-state index in [0.29, 0.717) is 11.8 Å². The summed E-state index contributed by atoms with van der Waals surface area (Å²) in [5.74, 6) is 1.22. The molecule has 54 heavy (non-hydrogen) atoms. The predicted octanol–water partition coefficient (Wildman–Crippen LogP) is 14.0. The zero-order valence-corrected chi connectivity index (χ0v) is 29.9. The van der Waals surface area contributed by atoms with Crippen molar-refractivity contribution in [3.05, 3.63) is 198 Å². The molecule has 2 aliphatic rings. The lowest BCUT2D eigenvalue weighted by Gasteiger charge is -2.28. The molecule has 2 atom stereocenters. The Labute approximate surface area is 316 Å². The summed E-state index contributed by atoms with van der Waals surface area (Å²) in [6.07, 6.45) is 6.86. The molecule has 0 saturated heterocycles. The van der Waals surface area contributed by atoms with Crippen LogP contribution in [0.15, 0.2) is 201 Å². The molecule has 0 radical (unpaired) electrons. The molecule has 3 heterocycles. The van der Waals surface area contributed by atoms with Gasteiger partial charge in [-0.25, -0.2) is 4.98 Å². The Hall–Kier alpha value is -6.56. The maximum absolute atomic E-state index is 6.55. The van der Waals surface area contributed by atoms with Gasteiger partial charge in [0.2, 0.25) is 5.89 Å². The molecule has 0 bridgehead atoms. The molecule has 0 fully saturated rings. The van der Waals surface area contributed by atoms with Crippen molar-refractivity contribution >= 4 is 61.9 Å². The molecule has 2 unspecified atom stereocenters. The number of furan rings is 1. The lowest BCUT2D eigenvalue weighted by Crippen LogP contribution is -2.12. The molecule has 0 spiro atoms. The highest BCUT2D eigenvalue weighted by atomic mass is 32.2. The minimum atomic E-state index is 0.274. The van der Waals surface area contributed by atoms with Gasteiger partial charge in [0.25, 0.3) is 0 Å². The average Bonchev–Trinajstić information content (AvgIpc) is 3.95. The van der Waals surface area contributed by atoms with Gasteiger partial charge in [-0.05, 0) is 93.9 Å². The monoisotopic (exact) mass is 712 g/mol. The Morgan fingerprint density at radius 1 is 0.574 bits per heavy atom. The smallest absolute Gasteiger partial charge is 0.227 e. The molecular formula is C49H32N2O2S. The predicted molar refractivity (Wildman–Crippen MR) is 222 cm³/mol. The number of hydrogen-bond acceptors (Lipinski definition) is 5. The standard InChI is InChI=1S/C49H32N2O2S/c1-3-10-31(11-4-1)32-18-22-35(23-19-32)51(36-24-20-33(21-25-36)38-15-9-17-45-46(38)40-14-7-8-16-44(40)54-45)37-26-27-39-43(30-37)52-42-29-28-41-48(47(39)42)53-49(50-41)34-12-5-2-6-13-34/h1-30,38,46H. The van der Waals surface area contributed by atoms with E-state index in [-0.39, 0.29) is 5.92 Å². The van der Waals surface area contributed by atoms with Crippen LogP contribution < -0.4 is 4.90 Å². The highest BCUT2D eigenvalue weighted by Crippen LogP contribution is 2.56. The third-order valence-corrected chi connectivity index (χ3v) is 12.0. The third kappa shape index (κ3) is 5.12. The lowest BCUT2D eigenvalue weighted by molar-refractivity contribution is 0.622. The van der Waals surface area contributed by atoms with E-state index in [2.05, 4.69) is 144 Å². The van der Waals surface area contributed by atoms with Crippen LogP contribution >= 0.6 is 11.8 Å². The van der Waals surface area contributed by atoms with Crippen LogP contribution in [0.3, 0.4) is 0 Å². The Balaban J connectivity index is 1.01. The van der Waals surface area contributed by atoms with Crippen LogP contribution in [-0.4, -0.2) is 4.98 Å². The molecule has 5 heteroatoms. The van der Waals surface area contributed by atoms with E-state index in [1.165, 1.54) is 32.1 Å². The summed E-state index contributed by atoms with van der Waals surface area (Å²) in [6, 6.07) is 57.7. The van der Waals surface area contributed by atoms with E-state index < -0.39 is 0 Å². The summed E-state index contributed by atoms with van der Waals surface area (Å²) in [6.45, 7) is 0. The van der Waals surface area contributed by atoms with Gasteiger partial charge in [0.05, 0.1) is 5.39 Å². The fraction of sp³-hybridized carbons (Fsp3) is 0.0408. The first-order valence-electron chi connectivity index (χ1n) is 18.3. The largest absolute Gasteiger partial charge is 0.456 e. The fourth-order valence-corrected chi connectivity index (χ4v) is 9.43. The Bertz CT molecular complexity index is 2910. The third-order valence-electron chi connectivity index (χ3n) is 10.7. The van der Waals surface area contributed by atoms with Crippen molar-refractivity contribution in [3.63, 3.8) is 0 Å². The van der Waals surface area contributed by atoms with Crippen LogP contribution in [0.25, 0.3) is 55.6 Å². The summed E-state index contributed by atoms with van der Waals surface area (Å²) in [7, 11) is 0. The van der Waals surface area contributed by atoms with Crippen LogP contribution in [0.4, 0.5) is 17.1 Å². The molecule has 4 nitrogen and oxygen atoms in total. The number of thioether (sulfide) groups is 1. The van der Waals surface area contributed by atoms with Gasteiger partial charge in [0, 0.05) is 50.8 Å². The highest BCUT2D eigenvalue weighted by Gasteiger charge is 2.35. The van der Waals surface area contributed by atoms with Crippen molar-refractivity contribution in [1.29, 1.82) is 0 Å². The van der Waals surface area contributed by atoms with E-state index in [1.54, 1.807) is 0 Å². The molecular weight excluding hydrogens is 681 g/mol. The molecule has 9 aromatic rings. The molecule has 1 aliphatic heterocycles. The van der Waals surface area contributed by atoms with Gasteiger partial charge >= 0.3 is 0 Å². The fourth-order valence-electron chi connectivity index (χ4n) is 8.17. The van der Waals surface area contributed by atoms with Gasteiger partial charge in [-0.3, -0.25) is 0 Å². The van der Waals surface area contributed by atoms with E-state index >= 15 is 0 Å². The maximum Gasteiger partial charge on any atom is 0.227 e. The maximum atomic E-state index is 6.55. The summed E-state index contributed by atoms with van der Waals surface area (Å²) in [5.41, 5.74) is 12.3. The highest BCUT2D eigenvalue weighted by molar-refractivity contribution is 8.03. The van der Waals surface area contributed by atoms with Gasteiger partial charge in [-0.2, -0.15) is 0 Å². The van der Waals surface area contributed by atoms with Crippen molar-refractivity contribution in [2.75, 3.05) is 4.90 Å². The number of hydrogen-bond donors (Lipinski definition) is 0. The van der Waals surface area contributed by atoms with Crippen molar-refractivity contribution < 1.29 is 8.83 Å². The SMILES string of the molecule is C1=CC(c2ccc(N(c3ccc(-c4ccccc4)cc3)c3ccc4c(c3)oc3ccc5nc(-c6ccccc6)oc5c34)cc2)C2C(=C1)Sc1ccccc12. The molecule has 11 rings (SSSR count). The minimum absolute atomic E-state index is 0.274. The Kier molecular flexibility index (Phi) is 7.20. The first-order valence-corrected chi connectivity index (χ1v) is 19.1. The van der Waals surface area contributed by atoms with Crippen molar-refractivity contribution in [2.24, 2.45) is 0 Å². The van der Waals surface area contributed by atoms with Crippen LogP contribution in [0.2, 0.25) is 0 Å². The number of benzene rings is 7. The molecule has 0 amide bonds. The van der Waals surface area contributed by atoms with Gasteiger partial charge in [-0.1, -0.05) is 121 Å². The number of rotatable bonds is 6. The quantitative estimate of drug-likeness (QED) is 0.172. The summed E-state index contributed by atoms with van der Waals surface area (Å²) < 4.78 is 13.0. The number of anilines is 3. The summed E-state index contributed by atoms with van der Waals surface area (Å²) in [5, 5.41) is 1.93. The zero-order chi connectivity index (χ0) is 35.6. The van der Waals surface area contributed by atoms with Gasteiger partial charge in [-0.15, -0.1) is 0 Å². The Morgan fingerprint density at radius 2 is 1.26 bits per heavy atom. The minimum Gasteiger partial charge on any atom is -0.456 e. The second kappa shape index (κ2) is 12.5. The van der Waals surface area contributed by atoms with Gasteiger partial charge in [0.1, 0.15) is 16.7 Å². The van der Waals surface area contributed by atoms with Gasteiger partial charge < -0.3 is 13.7 Å². The van der Waals surface area contributed by atoms with Crippen molar-refractivity contribution in [1.82, 2.24) is 4.98 Å². The van der Waals surface area contributed by atoms with Crippen LogP contribution in [0, 0.1) is 0 Å². The number of oxazole rings is 1. The zero-order valence-electron chi connectivity index (χ0n) is 29.1. The number of aromatic nitrogens is 1. The molecule has 7 aromatic carbocycles. The number of nitrogens with zero attached hydrogens (tertiary/aromatic N) is 2. The Morgan fingerprint density at radius 3 is 2.06 bits per heavy atom. The summed E-state index contributed by atoms with van der Waals surface area (Å²) in [4.78, 5) is 9.92. The van der Waals surface area contributed by atoms with Crippen molar-refractivity contribution in [2.45, 2.75) is 16.7 Å². The lowest BCUT2D eigenvalue weighted by atomic mass is 9.79. The molecule has 0 N–H and O–H groups in total. The van der Waals surface area contributed by atoms with E-state index in [0.717, 1.165) is 55.7 Å². The topological polar surface area (TPSA) is 42.4 Å². The number of fused-ring (bicyclic) bond motifs is 8. The molecule has 1 aliphatic carbocycles. The molecule has 256 valence electrons.